The van der Waals surface area contributed by atoms with E-state index in [0.29, 0.717) is 0 Å². The van der Waals surface area contributed by atoms with Gasteiger partial charge >= 0.3 is 0 Å². The fraction of sp³-hybridized carbons (Fsp3) is 0.600. The Hall–Kier alpha value is -1.58. The molecule has 0 aliphatic heterocycles. The normalized spacial score (nSPS) is 19.0. The predicted molar refractivity (Wildman–Crippen MR) is 76.2 cm³/mol. The zero-order valence-corrected chi connectivity index (χ0v) is 11.4. The molecule has 4 rings (SSSR count). The smallest absolute Gasteiger partial charge is 0.160 e. The van der Waals surface area contributed by atoms with Crippen molar-refractivity contribution in [1.82, 2.24) is 14.8 Å². The summed E-state index contributed by atoms with van der Waals surface area (Å²) < 4.78 is 2.10. The second kappa shape index (κ2) is 4.22. The summed E-state index contributed by atoms with van der Waals surface area (Å²) in [5, 5.41) is 9.29. The van der Waals surface area contributed by atoms with Gasteiger partial charge in [-0.3, -0.25) is 0 Å². The topological polar surface area (TPSA) is 42.7 Å². The Morgan fingerprint density at radius 2 is 2.00 bits per heavy atom. The highest BCUT2D eigenvalue weighted by Crippen LogP contribution is 2.32. The first-order chi connectivity index (χ1) is 9.29. The molecule has 2 heterocycles. The summed E-state index contributed by atoms with van der Waals surface area (Å²) in [7, 11) is 0. The van der Waals surface area contributed by atoms with Crippen LogP contribution in [0, 0.1) is 18.8 Å². The standard InChI is InChI=1S/C15H20N4/c1-10-13-6-7-14(16-8-11-2-3-11)17-15(13)19(18-10)9-12-4-5-12/h6-7,11-12H,2-5,8-9H2,1H3,(H,16,17). The summed E-state index contributed by atoms with van der Waals surface area (Å²) in [5.41, 5.74) is 2.14. The Morgan fingerprint density at radius 3 is 2.74 bits per heavy atom. The lowest BCUT2D eigenvalue weighted by Crippen LogP contribution is -2.07. The van der Waals surface area contributed by atoms with Crippen LogP contribution in [-0.2, 0) is 6.54 Å². The van der Waals surface area contributed by atoms with Crippen molar-refractivity contribution in [3.63, 3.8) is 0 Å². The quantitative estimate of drug-likeness (QED) is 0.894. The molecule has 2 fully saturated rings. The van der Waals surface area contributed by atoms with Crippen LogP contribution in [-0.4, -0.2) is 21.3 Å². The minimum Gasteiger partial charge on any atom is -0.370 e. The van der Waals surface area contributed by atoms with Gasteiger partial charge in [0.25, 0.3) is 0 Å². The van der Waals surface area contributed by atoms with Crippen LogP contribution in [0.5, 0.6) is 0 Å². The Balaban J connectivity index is 1.64. The molecule has 2 aromatic heterocycles. The molecule has 100 valence electrons. The number of nitrogens with one attached hydrogen (secondary N) is 1. The molecule has 2 aromatic rings. The Kier molecular flexibility index (Phi) is 2.50. The second-order valence-corrected chi connectivity index (χ2v) is 6.10. The number of fused-ring (bicyclic) bond motifs is 1. The van der Waals surface area contributed by atoms with Crippen LogP contribution in [0.2, 0.25) is 0 Å². The van der Waals surface area contributed by atoms with Gasteiger partial charge in [0.15, 0.2) is 5.65 Å². The van der Waals surface area contributed by atoms with Gasteiger partial charge in [0.05, 0.1) is 5.69 Å². The summed E-state index contributed by atoms with van der Waals surface area (Å²) in [6.45, 7) is 4.17. The molecule has 0 spiro atoms. The number of aromatic nitrogens is 3. The van der Waals surface area contributed by atoms with Gasteiger partial charge in [-0.2, -0.15) is 5.10 Å². The predicted octanol–water partition coefficient (Wildman–Crippen LogP) is 2.97. The molecular formula is C15H20N4. The van der Waals surface area contributed by atoms with Crippen LogP contribution in [0.15, 0.2) is 12.1 Å². The molecular weight excluding hydrogens is 236 g/mol. The van der Waals surface area contributed by atoms with Crippen LogP contribution in [0.1, 0.15) is 31.4 Å². The first-order valence-electron chi connectivity index (χ1n) is 7.37. The monoisotopic (exact) mass is 256 g/mol. The van der Waals surface area contributed by atoms with Crippen molar-refractivity contribution in [3.8, 4) is 0 Å². The molecule has 19 heavy (non-hydrogen) atoms. The van der Waals surface area contributed by atoms with E-state index in [1.165, 1.54) is 31.1 Å². The largest absolute Gasteiger partial charge is 0.370 e. The highest BCUT2D eigenvalue weighted by Gasteiger charge is 2.24. The maximum absolute atomic E-state index is 4.77. The molecule has 0 unspecified atom stereocenters. The van der Waals surface area contributed by atoms with E-state index >= 15 is 0 Å². The van der Waals surface area contributed by atoms with Crippen LogP contribution >= 0.6 is 0 Å². The van der Waals surface area contributed by atoms with Crippen molar-refractivity contribution in [2.24, 2.45) is 11.8 Å². The number of hydrogen-bond donors (Lipinski definition) is 1. The molecule has 0 aromatic carbocycles. The van der Waals surface area contributed by atoms with Gasteiger partial charge in [-0.05, 0) is 56.6 Å². The number of rotatable bonds is 5. The van der Waals surface area contributed by atoms with E-state index in [4.69, 9.17) is 4.98 Å². The summed E-state index contributed by atoms with van der Waals surface area (Å²) in [5.74, 6) is 2.69. The van der Waals surface area contributed by atoms with Crippen LogP contribution in [0.25, 0.3) is 11.0 Å². The van der Waals surface area contributed by atoms with Crippen molar-refractivity contribution >= 4 is 16.9 Å². The SMILES string of the molecule is Cc1nn(CC2CC2)c2nc(NCC3CC3)ccc12. The van der Waals surface area contributed by atoms with E-state index < -0.39 is 0 Å². The zero-order chi connectivity index (χ0) is 12.8. The number of nitrogens with zero attached hydrogens (tertiary/aromatic N) is 3. The van der Waals surface area contributed by atoms with E-state index in [-0.39, 0.29) is 0 Å². The lowest BCUT2D eigenvalue weighted by atomic mass is 10.3. The van der Waals surface area contributed by atoms with Crippen molar-refractivity contribution in [3.05, 3.63) is 17.8 Å². The third-order valence-corrected chi connectivity index (χ3v) is 4.18. The van der Waals surface area contributed by atoms with Gasteiger partial charge in [-0.25, -0.2) is 9.67 Å². The van der Waals surface area contributed by atoms with Crippen LogP contribution < -0.4 is 5.32 Å². The van der Waals surface area contributed by atoms with Crippen molar-refractivity contribution in [2.75, 3.05) is 11.9 Å². The Labute approximate surface area is 113 Å². The van der Waals surface area contributed by atoms with E-state index in [1.807, 2.05) is 0 Å². The van der Waals surface area contributed by atoms with Crippen molar-refractivity contribution in [1.29, 1.82) is 0 Å². The maximum atomic E-state index is 4.77. The van der Waals surface area contributed by atoms with Gasteiger partial charge in [-0.1, -0.05) is 0 Å². The van der Waals surface area contributed by atoms with Gasteiger partial charge in [0.2, 0.25) is 0 Å². The number of aryl methyl sites for hydroxylation is 1. The number of hydrogen-bond acceptors (Lipinski definition) is 3. The summed E-state index contributed by atoms with van der Waals surface area (Å²) in [6, 6.07) is 4.24. The highest BCUT2D eigenvalue weighted by molar-refractivity contribution is 5.79. The molecule has 0 amide bonds. The van der Waals surface area contributed by atoms with E-state index in [2.05, 4.69) is 34.2 Å². The molecule has 0 bridgehead atoms. The second-order valence-electron chi connectivity index (χ2n) is 6.10. The highest BCUT2D eigenvalue weighted by atomic mass is 15.3. The average molecular weight is 256 g/mol. The molecule has 0 atom stereocenters. The zero-order valence-electron chi connectivity index (χ0n) is 11.4. The molecule has 1 N–H and O–H groups in total. The van der Waals surface area contributed by atoms with Crippen LogP contribution in [0.3, 0.4) is 0 Å². The van der Waals surface area contributed by atoms with Gasteiger partial charge < -0.3 is 5.32 Å². The molecule has 2 saturated carbocycles. The van der Waals surface area contributed by atoms with Crippen molar-refractivity contribution in [2.45, 2.75) is 39.2 Å². The summed E-state index contributed by atoms with van der Waals surface area (Å²) in [6.07, 6.45) is 5.43. The lowest BCUT2D eigenvalue weighted by molar-refractivity contribution is 0.572. The number of anilines is 1. The minimum atomic E-state index is 0.826. The third-order valence-electron chi connectivity index (χ3n) is 4.18. The van der Waals surface area contributed by atoms with E-state index in [9.17, 15) is 0 Å². The molecule has 4 heteroatoms. The maximum Gasteiger partial charge on any atom is 0.160 e. The molecule has 2 aliphatic rings. The van der Waals surface area contributed by atoms with E-state index in [1.54, 1.807) is 0 Å². The summed E-state index contributed by atoms with van der Waals surface area (Å²) in [4.78, 5) is 4.77. The Bertz CT molecular complexity index is 608. The fourth-order valence-corrected chi connectivity index (χ4v) is 2.55. The van der Waals surface area contributed by atoms with E-state index in [0.717, 1.165) is 42.1 Å². The van der Waals surface area contributed by atoms with Gasteiger partial charge in [0, 0.05) is 18.5 Å². The van der Waals surface area contributed by atoms with Gasteiger partial charge in [-0.15, -0.1) is 0 Å². The van der Waals surface area contributed by atoms with Crippen LogP contribution in [0.4, 0.5) is 5.82 Å². The first-order valence-corrected chi connectivity index (χ1v) is 7.37. The number of pyridine rings is 1. The lowest BCUT2D eigenvalue weighted by Gasteiger charge is -2.06. The molecule has 0 radical (unpaired) electrons. The summed E-state index contributed by atoms with van der Waals surface area (Å²) >= 11 is 0. The molecule has 2 aliphatic carbocycles. The fourth-order valence-electron chi connectivity index (χ4n) is 2.55. The third kappa shape index (κ3) is 2.31. The Morgan fingerprint density at radius 1 is 1.21 bits per heavy atom. The minimum absolute atomic E-state index is 0.826. The van der Waals surface area contributed by atoms with Gasteiger partial charge in [0.1, 0.15) is 5.82 Å². The first kappa shape index (κ1) is 11.3. The average Bonchev–Trinajstić information content (AvgIpc) is 3.30. The molecule has 0 saturated heterocycles. The van der Waals surface area contributed by atoms with Crippen molar-refractivity contribution < 1.29 is 0 Å². The molecule has 4 nitrogen and oxygen atoms in total.